The highest BCUT2D eigenvalue weighted by Crippen LogP contribution is 2.30. The molecule has 1 heterocycles. The van der Waals surface area contributed by atoms with Crippen molar-refractivity contribution in [2.24, 2.45) is 0 Å². The van der Waals surface area contributed by atoms with E-state index in [2.05, 4.69) is 12.0 Å². The van der Waals surface area contributed by atoms with E-state index in [1.54, 1.807) is 13.8 Å². The molecule has 1 aromatic rings. The molecule has 0 spiro atoms. The topological polar surface area (TPSA) is 58.4 Å². The van der Waals surface area contributed by atoms with Gasteiger partial charge in [0.1, 0.15) is 5.54 Å². The van der Waals surface area contributed by atoms with E-state index in [0.29, 0.717) is 0 Å². The second-order valence-corrected chi connectivity index (χ2v) is 5.55. The average Bonchev–Trinajstić information content (AvgIpc) is 2.62. The predicted molar refractivity (Wildman–Crippen MR) is 75.3 cm³/mol. The monoisotopic (exact) mass is 267 g/mol. The van der Waals surface area contributed by atoms with Crippen molar-refractivity contribution < 1.29 is 9.90 Å². The fourth-order valence-corrected chi connectivity index (χ4v) is 2.45. The summed E-state index contributed by atoms with van der Waals surface area (Å²) in [4.78, 5) is 13.2. The highest BCUT2D eigenvalue weighted by atomic mass is 16.4. The van der Waals surface area contributed by atoms with Crippen LogP contribution in [0.2, 0.25) is 0 Å². The van der Waals surface area contributed by atoms with Gasteiger partial charge in [0, 0.05) is 23.8 Å². The molecule has 0 saturated heterocycles. The smallest absolute Gasteiger partial charge is 0.323 e. The summed E-state index contributed by atoms with van der Waals surface area (Å²) in [6, 6.07) is 0.00593. The molecule has 108 valence electrons. The van der Waals surface area contributed by atoms with Crippen molar-refractivity contribution in [2.45, 2.75) is 59.7 Å². The minimum absolute atomic E-state index is 0.00593. The van der Waals surface area contributed by atoms with Crippen LogP contribution in [-0.2, 0) is 11.3 Å². The summed E-state index contributed by atoms with van der Waals surface area (Å²) in [5.74, 6) is -0.819. The van der Waals surface area contributed by atoms with Crippen LogP contribution in [0.25, 0.3) is 0 Å². The molecule has 1 atom stereocenters. The molecule has 0 saturated carbocycles. The zero-order chi connectivity index (χ0) is 15.0. The molecule has 1 rings (SSSR count). The summed E-state index contributed by atoms with van der Waals surface area (Å²) in [5.41, 5.74) is 2.30. The van der Waals surface area contributed by atoms with Gasteiger partial charge in [-0.15, -0.1) is 0 Å². The Hall–Kier alpha value is -1.36. The van der Waals surface area contributed by atoms with E-state index in [0.717, 1.165) is 23.5 Å². The Balaban J connectivity index is 3.17. The molecule has 1 N–H and O–H groups in total. The van der Waals surface area contributed by atoms with Gasteiger partial charge in [0.2, 0.25) is 0 Å². The molecule has 0 bridgehead atoms. The molecular formula is C14H25N3O2. The highest BCUT2D eigenvalue weighted by molar-refractivity contribution is 5.77. The third kappa shape index (κ3) is 2.66. The lowest BCUT2D eigenvalue weighted by molar-refractivity contribution is -0.149. The van der Waals surface area contributed by atoms with Crippen LogP contribution in [0.1, 0.15) is 50.7 Å². The minimum atomic E-state index is -0.910. The van der Waals surface area contributed by atoms with E-state index in [1.807, 2.05) is 37.4 Å². The standard InChI is InChI=1S/C14H25N3O2/c1-8-17-11(4)12(9(2)15-17)10(3)16(7)14(5,6)13(18)19/h10H,8H2,1-7H3,(H,18,19). The lowest BCUT2D eigenvalue weighted by Crippen LogP contribution is -2.49. The van der Waals surface area contributed by atoms with Crippen molar-refractivity contribution in [1.82, 2.24) is 14.7 Å². The van der Waals surface area contributed by atoms with Gasteiger partial charge in [-0.2, -0.15) is 5.10 Å². The van der Waals surface area contributed by atoms with Gasteiger partial charge in [0.05, 0.1) is 5.69 Å². The Morgan fingerprint density at radius 2 is 2.00 bits per heavy atom. The first-order valence-corrected chi connectivity index (χ1v) is 6.64. The Labute approximate surface area is 115 Å². The maximum absolute atomic E-state index is 11.4. The molecular weight excluding hydrogens is 242 g/mol. The molecule has 0 aliphatic carbocycles. The Bertz CT molecular complexity index is 477. The fourth-order valence-electron chi connectivity index (χ4n) is 2.45. The van der Waals surface area contributed by atoms with Crippen LogP contribution in [-0.4, -0.2) is 38.3 Å². The van der Waals surface area contributed by atoms with Crippen LogP contribution in [0.5, 0.6) is 0 Å². The molecule has 5 nitrogen and oxygen atoms in total. The molecule has 5 heteroatoms. The number of carboxylic acid groups (broad SMARTS) is 1. The highest BCUT2D eigenvalue weighted by Gasteiger charge is 2.36. The van der Waals surface area contributed by atoms with Crippen molar-refractivity contribution in [3.63, 3.8) is 0 Å². The first kappa shape index (κ1) is 15.7. The molecule has 0 aliphatic heterocycles. The van der Waals surface area contributed by atoms with Gasteiger partial charge < -0.3 is 5.11 Å². The van der Waals surface area contributed by atoms with Gasteiger partial charge in [-0.3, -0.25) is 14.4 Å². The van der Waals surface area contributed by atoms with Crippen molar-refractivity contribution in [2.75, 3.05) is 7.05 Å². The van der Waals surface area contributed by atoms with Gasteiger partial charge in [-0.05, 0) is 48.6 Å². The number of aryl methyl sites for hydroxylation is 2. The number of hydrogen-bond donors (Lipinski definition) is 1. The van der Waals surface area contributed by atoms with Gasteiger partial charge in [-0.1, -0.05) is 0 Å². The van der Waals surface area contributed by atoms with Gasteiger partial charge in [0.25, 0.3) is 0 Å². The maximum atomic E-state index is 11.4. The molecule has 0 radical (unpaired) electrons. The Morgan fingerprint density at radius 3 is 2.37 bits per heavy atom. The average molecular weight is 267 g/mol. The molecule has 1 unspecified atom stereocenters. The van der Waals surface area contributed by atoms with E-state index >= 15 is 0 Å². The number of likely N-dealkylation sites (N-methyl/N-ethyl adjacent to an activating group) is 1. The van der Waals surface area contributed by atoms with Crippen LogP contribution < -0.4 is 0 Å². The molecule has 0 aliphatic rings. The summed E-state index contributed by atoms with van der Waals surface area (Å²) in [7, 11) is 1.85. The summed E-state index contributed by atoms with van der Waals surface area (Å²) in [6.07, 6.45) is 0. The van der Waals surface area contributed by atoms with Crippen molar-refractivity contribution in [1.29, 1.82) is 0 Å². The lowest BCUT2D eigenvalue weighted by Gasteiger charge is -2.36. The Morgan fingerprint density at radius 1 is 1.47 bits per heavy atom. The predicted octanol–water partition coefficient (Wildman–Crippen LogP) is 2.38. The third-order valence-corrected chi connectivity index (χ3v) is 4.14. The maximum Gasteiger partial charge on any atom is 0.323 e. The minimum Gasteiger partial charge on any atom is -0.480 e. The van der Waals surface area contributed by atoms with Gasteiger partial charge >= 0.3 is 5.97 Å². The summed E-state index contributed by atoms with van der Waals surface area (Å²) in [6.45, 7) is 12.4. The summed E-state index contributed by atoms with van der Waals surface area (Å²) in [5, 5.41) is 13.8. The number of rotatable bonds is 5. The van der Waals surface area contributed by atoms with E-state index in [1.165, 1.54) is 0 Å². The van der Waals surface area contributed by atoms with Gasteiger partial charge in [-0.25, -0.2) is 0 Å². The number of carbonyl (C=O) groups is 1. The molecule has 1 aromatic heterocycles. The lowest BCUT2D eigenvalue weighted by atomic mass is 9.97. The van der Waals surface area contributed by atoms with E-state index in [9.17, 15) is 9.90 Å². The van der Waals surface area contributed by atoms with Crippen LogP contribution in [0.3, 0.4) is 0 Å². The number of aromatic nitrogens is 2. The third-order valence-electron chi connectivity index (χ3n) is 4.14. The van der Waals surface area contributed by atoms with Crippen molar-refractivity contribution in [3.05, 3.63) is 17.0 Å². The molecule has 19 heavy (non-hydrogen) atoms. The van der Waals surface area contributed by atoms with Crippen LogP contribution in [0.4, 0.5) is 0 Å². The number of nitrogens with zero attached hydrogens (tertiary/aromatic N) is 3. The second kappa shape index (κ2) is 5.33. The zero-order valence-corrected chi connectivity index (χ0v) is 13.0. The van der Waals surface area contributed by atoms with E-state index < -0.39 is 11.5 Å². The first-order chi connectivity index (χ1) is 8.64. The van der Waals surface area contributed by atoms with E-state index in [-0.39, 0.29) is 6.04 Å². The van der Waals surface area contributed by atoms with Gasteiger partial charge in [0.15, 0.2) is 0 Å². The summed E-state index contributed by atoms with van der Waals surface area (Å²) < 4.78 is 1.96. The number of hydrogen-bond acceptors (Lipinski definition) is 3. The largest absolute Gasteiger partial charge is 0.480 e. The number of aliphatic carboxylic acids is 1. The zero-order valence-electron chi connectivity index (χ0n) is 13.0. The molecule has 0 amide bonds. The van der Waals surface area contributed by atoms with Crippen molar-refractivity contribution >= 4 is 5.97 Å². The van der Waals surface area contributed by atoms with E-state index in [4.69, 9.17) is 0 Å². The quantitative estimate of drug-likeness (QED) is 0.890. The second-order valence-electron chi connectivity index (χ2n) is 5.55. The number of carboxylic acids is 1. The SMILES string of the molecule is CCn1nc(C)c(C(C)N(C)C(C)(C)C(=O)O)c1C. The van der Waals surface area contributed by atoms with Crippen LogP contribution >= 0.6 is 0 Å². The first-order valence-electron chi connectivity index (χ1n) is 6.64. The fraction of sp³-hybridized carbons (Fsp3) is 0.714. The van der Waals surface area contributed by atoms with Crippen molar-refractivity contribution in [3.8, 4) is 0 Å². The Kier molecular flexibility index (Phi) is 4.40. The summed E-state index contributed by atoms with van der Waals surface area (Å²) >= 11 is 0. The van der Waals surface area contributed by atoms with Crippen LogP contribution in [0.15, 0.2) is 0 Å². The molecule has 0 aromatic carbocycles. The van der Waals surface area contributed by atoms with Crippen LogP contribution in [0, 0.1) is 13.8 Å². The molecule has 0 fully saturated rings. The normalized spacial score (nSPS) is 13.9.